The Morgan fingerprint density at radius 3 is 2.72 bits per heavy atom. The number of aromatic amines is 1. The van der Waals surface area contributed by atoms with Crippen LogP contribution in [0.5, 0.6) is 0 Å². The van der Waals surface area contributed by atoms with Crippen molar-refractivity contribution < 1.29 is 0 Å². The molecule has 6 nitrogen and oxygen atoms in total. The molecule has 3 N–H and O–H groups in total. The van der Waals surface area contributed by atoms with E-state index in [1.165, 1.54) is 4.68 Å². The van der Waals surface area contributed by atoms with Crippen molar-refractivity contribution in [2.45, 2.75) is 20.3 Å². The van der Waals surface area contributed by atoms with Crippen LogP contribution in [0.15, 0.2) is 16.9 Å². The summed E-state index contributed by atoms with van der Waals surface area (Å²) in [4.78, 5) is 12.0. The zero-order valence-electron chi connectivity index (χ0n) is 10.1. The molecule has 0 bridgehead atoms. The molecule has 0 fully saturated rings. The lowest BCUT2D eigenvalue weighted by molar-refractivity contribution is 0.626. The molecule has 0 aromatic carbocycles. The van der Waals surface area contributed by atoms with Crippen LogP contribution in [0.4, 0.5) is 5.69 Å². The van der Waals surface area contributed by atoms with E-state index in [1.807, 2.05) is 0 Å². The summed E-state index contributed by atoms with van der Waals surface area (Å²) in [6.07, 6.45) is 0.703. The highest BCUT2D eigenvalue weighted by atomic mass is 35.5. The van der Waals surface area contributed by atoms with Crippen LogP contribution in [0.1, 0.15) is 19.5 Å². The van der Waals surface area contributed by atoms with E-state index in [-0.39, 0.29) is 16.4 Å². The smallest absolute Gasteiger partial charge is 0.296 e. The van der Waals surface area contributed by atoms with E-state index in [0.29, 0.717) is 23.9 Å². The molecule has 2 aromatic heterocycles. The quantitative estimate of drug-likeness (QED) is 0.879. The third-order valence-electron chi connectivity index (χ3n) is 2.46. The molecular weight excluding hydrogens is 254 g/mol. The molecule has 0 radical (unpaired) electrons. The second kappa shape index (κ2) is 4.81. The largest absolute Gasteiger partial charge is 0.393 e. The molecule has 0 amide bonds. The first-order valence-corrected chi connectivity index (χ1v) is 5.95. The van der Waals surface area contributed by atoms with Crippen molar-refractivity contribution in [2.75, 3.05) is 5.73 Å². The van der Waals surface area contributed by atoms with Gasteiger partial charge in [-0.3, -0.25) is 9.89 Å². The molecule has 0 unspecified atom stereocenters. The van der Waals surface area contributed by atoms with Gasteiger partial charge in [-0.15, -0.1) is 10.2 Å². The average Bonchev–Trinajstić information content (AvgIpc) is 2.58. The lowest BCUT2D eigenvalue weighted by Gasteiger charge is -2.02. The van der Waals surface area contributed by atoms with Crippen molar-refractivity contribution in [1.82, 2.24) is 20.0 Å². The van der Waals surface area contributed by atoms with Gasteiger partial charge in [-0.25, -0.2) is 0 Å². The Labute approximate surface area is 109 Å². The zero-order valence-corrected chi connectivity index (χ0v) is 10.9. The van der Waals surface area contributed by atoms with E-state index >= 15 is 0 Å². The number of anilines is 1. The molecule has 7 heteroatoms. The Balaban J connectivity index is 2.46. The first kappa shape index (κ1) is 12.6. The van der Waals surface area contributed by atoms with Gasteiger partial charge in [-0.05, 0) is 24.5 Å². The Morgan fingerprint density at radius 2 is 2.17 bits per heavy atom. The summed E-state index contributed by atoms with van der Waals surface area (Å²) < 4.78 is 1.27. The third kappa shape index (κ3) is 2.38. The summed E-state index contributed by atoms with van der Waals surface area (Å²) in [5.74, 6) is 0.765. The summed E-state index contributed by atoms with van der Waals surface area (Å²) >= 11 is 5.65. The van der Waals surface area contributed by atoms with Crippen LogP contribution in [-0.4, -0.2) is 20.0 Å². The van der Waals surface area contributed by atoms with E-state index in [2.05, 4.69) is 29.1 Å². The highest BCUT2D eigenvalue weighted by molar-refractivity contribution is 6.29. The molecule has 0 spiro atoms. The first-order valence-electron chi connectivity index (χ1n) is 5.58. The van der Waals surface area contributed by atoms with Gasteiger partial charge in [0.2, 0.25) is 0 Å². The van der Waals surface area contributed by atoms with Crippen molar-refractivity contribution in [1.29, 1.82) is 0 Å². The monoisotopic (exact) mass is 267 g/mol. The van der Waals surface area contributed by atoms with Gasteiger partial charge in [0.05, 0.1) is 5.69 Å². The maximum absolute atomic E-state index is 12.0. The maximum atomic E-state index is 12.0. The van der Waals surface area contributed by atoms with Gasteiger partial charge in [0.15, 0.2) is 11.0 Å². The fourth-order valence-corrected chi connectivity index (χ4v) is 1.75. The highest BCUT2D eigenvalue weighted by Gasteiger charge is 2.14. The molecule has 0 saturated carbocycles. The molecule has 0 atom stereocenters. The first-order chi connectivity index (χ1) is 8.49. The maximum Gasteiger partial charge on any atom is 0.296 e. The number of hydrogen-bond donors (Lipinski definition) is 2. The fourth-order valence-electron chi connectivity index (χ4n) is 1.65. The molecule has 2 heterocycles. The number of rotatable bonds is 3. The molecule has 0 aliphatic rings. The number of aromatic nitrogens is 4. The third-order valence-corrected chi connectivity index (χ3v) is 2.67. The van der Waals surface area contributed by atoms with Gasteiger partial charge in [0, 0.05) is 0 Å². The molecule has 2 rings (SSSR count). The van der Waals surface area contributed by atoms with Crippen LogP contribution >= 0.6 is 11.6 Å². The van der Waals surface area contributed by atoms with E-state index in [4.69, 9.17) is 17.3 Å². The molecule has 2 aromatic rings. The number of halogens is 1. The van der Waals surface area contributed by atoms with Gasteiger partial charge in [0.25, 0.3) is 5.56 Å². The van der Waals surface area contributed by atoms with Crippen molar-refractivity contribution in [2.24, 2.45) is 5.92 Å². The predicted molar refractivity (Wildman–Crippen MR) is 69.9 cm³/mol. The van der Waals surface area contributed by atoms with Crippen LogP contribution in [0.25, 0.3) is 5.82 Å². The molecule has 0 aliphatic carbocycles. The standard InChI is InChI=1S/C11H14ClN5O/c1-6(2)5-7-10(13)11(18)17(16-7)9-4-3-8(12)14-15-9/h3-4,6,16H,5,13H2,1-2H3. The number of nitrogens with two attached hydrogens (primary N) is 1. The van der Waals surface area contributed by atoms with E-state index in [1.54, 1.807) is 12.1 Å². The zero-order chi connectivity index (χ0) is 13.3. The lowest BCUT2D eigenvalue weighted by Crippen LogP contribution is -2.18. The fraction of sp³-hybridized carbons (Fsp3) is 0.364. The van der Waals surface area contributed by atoms with Crippen molar-refractivity contribution >= 4 is 17.3 Å². The number of hydrogen-bond acceptors (Lipinski definition) is 4. The molecular formula is C11H14ClN5O. The van der Waals surface area contributed by atoms with Crippen molar-refractivity contribution in [3.05, 3.63) is 33.3 Å². The van der Waals surface area contributed by atoms with Gasteiger partial charge in [0.1, 0.15) is 5.69 Å². The van der Waals surface area contributed by atoms with Crippen LogP contribution in [0.3, 0.4) is 0 Å². The van der Waals surface area contributed by atoms with Crippen LogP contribution in [-0.2, 0) is 6.42 Å². The Hall–Kier alpha value is -1.82. The molecule has 0 saturated heterocycles. The van der Waals surface area contributed by atoms with E-state index in [0.717, 1.165) is 0 Å². The molecule has 18 heavy (non-hydrogen) atoms. The Morgan fingerprint density at radius 1 is 1.44 bits per heavy atom. The summed E-state index contributed by atoms with van der Waals surface area (Å²) in [6.45, 7) is 4.11. The van der Waals surface area contributed by atoms with Crippen LogP contribution in [0, 0.1) is 5.92 Å². The van der Waals surface area contributed by atoms with Crippen molar-refractivity contribution in [3.8, 4) is 5.82 Å². The topological polar surface area (TPSA) is 89.6 Å². The molecule has 0 aliphatic heterocycles. The number of nitrogens with one attached hydrogen (secondary N) is 1. The van der Waals surface area contributed by atoms with Gasteiger partial charge < -0.3 is 5.73 Å². The van der Waals surface area contributed by atoms with Crippen LogP contribution in [0.2, 0.25) is 5.15 Å². The number of H-pyrrole nitrogens is 1. The van der Waals surface area contributed by atoms with Gasteiger partial charge in [-0.2, -0.15) is 4.68 Å². The summed E-state index contributed by atoms with van der Waals surface area (Å²) in [7, 11) is 0. The summed E-state index contributed by atoms with van der Waals surface area (Å²) in [5, 5.41) is 10.8. The SMILES string of the molecule is CC(C)Cc1[nH]n(-c2ccc(Cl)nn2)c(=O)c1N. The van der Waals surface area contributed by atoms with E-state index < -0.39 is 0 Å². The van der Waals surface area contributed by atoms with Crippen LogP contribution < -0.4 is 11.3 Å². The minimum absolute atomic E-state index is 0.223. The Kier molecular flexibility index (Phi) is 3.38. The van der Waals surface area contributed by atoms with Gasteiger partial charge >= 0.3 is 0 Å². The minimum Gasteiger partial charge on any atom is -0.393 e. The van der Waals surface area contributed by atoms with Crippen molar-refractivity contribution in [3.63, 3.8) is 0 Å². The predicted octanol–water partition coefficient (Wildman–Crippen LogP) is 1.39. The second-order valence-corrected chi connectivity index (χ2v) is 4.84. The number of nitrogens with zero attached hydrogens (tertiary/aromatic N) is 3. The highest BCUT2D eigenvalue weighted by Crippen LogP contribution is 2.12. The molecule has 96 valence electrons. The Bertz CT molecular complexity index is 599. The second-order valence-electron chi connectivity index (χ2n) is 4.46. The normalized spacial score (nSPS) is 11.1. The average molecular weight is 268 g/mol. The minimum atomic E-state index is -0.317. The van der Waals surface area contributed by atoms with Gasteiger partial charge in [-0.1, -0.05) is 25.4 Å². The number of nitrogen functional groups attached to an aromatic ring is 1. The summed E-state index contributed by atoms with van der Waals surface area (Å²) in [6, 6.07) is 3.17. The lowest BCUT2D eigenvalue weighted by atomic mass is 10.1. The summed E-state index contributed by atoms with van der Waals surface area (Å²) in [5.41, 5.74) is 6.40. The van der Waals surface area contributed by atoms with E-state index in [9.17, 15) is 4.79 Å².